The van der Waals surface area contributed by atoms with Gasteiger partial charge in [0.2, 0.25) is 0 Å². The summed E-state index contributed by atoms with van der Waals surface area (Å²) in [5, 5.41) is 3.51. The minimum absolute atomic E-state index is 0.716. The standard InChI is InChI=1S/C11H18N/c1-2-3-4-5-8-11-9-6-7-10-12-11/h2-5,11-12H,1,6-10H2. The fourth-order valence-corrected chi connectivity index (χ4v) is 1.53. The third-order valence-electron chi connectivity index (χ3n) is 2.22. The van der Waals surface area contributed by atoms with Crippen molar-refractivity contribution in [2.45, 2.75) is 31.7 Å². The van der Waals surface area contributed by atoms with Crippen LogP contribution < -0.4 is 5.32 Å². The van der Waals surface area contributed by atoms with Crippen LogP contribution in [-0.2, 0) is 0 Å². The predicted octanol–water partition coefficient (Wildman–Crippen LogP) is 2.47. The first-order valence-electron chi connectivity index (χ1n) is 4.78. The number of hydrogen-bond donors (Lipinski definition) is 1. The second-order valence-electron chi connectivity index (χ2n) is 3.24. The second-order valence-corrected chi connectivity index (χ2v) is 3.24. The number of hydrogen-bond acceptors (Lipinski definition) is 1. The van der Waals surface area contributed by atoms with Gasteiger partial charge in [0.25, 0.3) is 0 Å². The molecule has 1 radical (unpaired) electrons. The maximum Gasteiger partial charge on any atom is 0.0102 e. The molecular formula is C11H18N. The monoisotopic (exact) mass is 164 g/mol. The van der Waals surface area contributed by atoms with E-state index in [-0.39, 0.29) is 0 Å². The van der Waals surface area contributed by atoms with E-state index < -0.39 is 0 Å². The van der Waals surface area contributed by atoms with Crippen molar-refractivity contribution in [3.05, 3.63) is 31.2 Å². The Morgan fingerprint density at radius 1 is 1.33 bits per heavy atom. The zero-order chi connectivity index (χ0) is 8.65. The van der Waals surface area contributed by atoms with Crippen LogP contribution in [0.3, 0.4) is 0 Å². The number of nitrogens with one attached hydrogen (secondary N) is 1. The van der Waals surface area contributed by atoms with E-state index in [0.717, 1.165) is 6.42 Å². The quantitative estimate of drug-likeness (QED) is 0.632. The Hall–Kier alpha value is -0.560. The van der Waals surface area contributed by atoms with E-state index in [4.69, 9.17) is 0 Å². The molecule has 1 aliphatic rings. The number of rotatable bonds is 3. The summed E-state index contributed by atoms with van der Waals surface area (Å²) in [6, 6.07) is 0.716. The van der Waals surface area contributed by atoms with Gasteiger partial charge in [-0.1, -0.05) is 30.7 Å². The Bertz CT molecular complexity index is 152. The highest BCUT2D eigenvalue weighted by molar-refractivity contribution is 5.04. The Morgan fingerprint density at radius 2 is 2.25 bits per heavy atom. The van der Waals surface area contributed by atoms with E-state index in [9.17, 15) is 0 Å². The molecule has 1 atom stereocenters. The van der Waals surface area contributed by atoms with Gasteiger partial charge < -0.3 is 5.32 Å². The Morgan fingerprint density at radius 3 is 2.92 bits per heavy atom. The van der Waals surface area contributed by atoms with Gasteiger partial charge in [-0.15, -0.1) is 0 Å². The van der Waals surface area contributed by atoms with E-state index in [0.29, 0.717) is 6.04 Å². The topological polar surface area (TPSA) is 12.0 Å². The molecule has 1 unspecified atom stereocenters. The first-order chi connectivity index (χ1) is 5.93. The summed E-state index contributed by atoms with van der Waals surface area (Å²) in [4.78, 5) is 0. The second kappa shape index (κ2) is 6.01. The van der Waals surface area contributed by atoms with Gasteiger partial charge in [-0.25, -0.2) is 0 Å². The normalized spacial score (nSPS) is 25.6. The van der Waals surface area contributed by atoms with Gasteiger partial charge in [0.15, 0.2) is 0 Å². The molecule has 0 spiro atoms. The van der Waals surface area contributed by atoms with Gasteiger partial charge in [0, 0.05) is 6.04 Å². The lowest BCUT2D eigenvalue weighted by atomic mass is 10.0. The van der Waals surface area contributed by atoms with Crippen LogP contribution in [0.1, 0.15) is 25.7 Å². The summed E-state index contributed by atoms with van der Waals surface area (Å²) < 4.78 is 0. The van der Waals surface area contributed by atoms with E-state index >= 15 is 0 Å². The molecule has 67 valence electrons. The first kappa shape index (κ1) is 9.53. The van der Waals surface area contributed by atoms with Crippen LogP contribution in [-0.4, -0.2) is 12.6 Å². The van der Waals surface area contributed by atoms with Crippen LogP contribution in [0, 0.1) is 6.92 Å². The van der Waals surface area contributed by atoms with E-state index in [2.05, 4.69) is 24.4 Å². The largest absolute Gasteiger partial charge is 0.314 e. The van der Waals surface area contributed by atoms with Crippen molar-refractivity contribution < 1.29 is 0 Å². The van der Waals surface area contributed by atoms with Gasteiger partial charge in [0.1, 0.15) is 0 Å². The third kappa shape index (κ3) is 3.72. The molecule has 1 heterocycles. The van der Waals surface area contributed by atoms with Crippen molar-refractivity contribution in [3.63, 3.8) is 0 Å². The zero-order valence-electron chi connectivity index (χ0n) is 7.63. The third-order valence-corrected chi connectivity index (χ3v) is 2.22. The molecule has 1 saturated heterocycles. The van der Waals surface area contributed by atoms with Gasteiger partial charge >= 0.3 is 0 Å². The molecule has 1 N–H and O–H groups in total. The molecule has 1 nitrogen and oxygen atoms in total. The molecule has 0 aromatic carbocycles. The molecule has 0 amide bonds. The van der Waals surface area contributed by atoms with E-state index in [1.165, 1.54) is 25.8 Å². The molecule has 0 bridgehead atoms. The molecule has 12 heavy (non-hydrogen) atoms. The van der Waals surface area contributed by atoms with Gasteiger partial charge in [-0.05, 0) is 32.7 Å². The minimum atomic E-state index is 0.716. The van der Waals surface area contributed by atoms with Crippen molar-refractivity contribution in [1.29, 1.82) is 0 Å². The molecule has 0 aromatic rings. The van der Waals surface area contributed by atoms with Gasteiger partial charge in [-0.2, -0.15) is 0 Å². The Balaban J connectivity index is 2.12. The Kier molecular flexibility index (Phi) is 4.77. The smallest absolute Gasteiger partial charge is 0.0102 e. The molecule has 1 aliphatic heterocycles. The lowest BCUT2D eigenvalue weighted by Gasteiger charge is -2.21. The summed E-state index contributed by atoms with van der Waals surface area (Å²) in [5.41, 5.74) is 0. The summed E-state index contributed by atoms with van der Waals surface area (Å²) in [5.74, 6) is 0. The molecule has 1 heteroatoms. The molecular weight excluding hydrogens is 146 g/mol. The lowest BCUT2D eigenvalue weighted by Crippen LogP contribution is -2.33. The summed E-state index contributed by atoms with van der Waals surface area (Å²) in [6.07, 6.45) is 13.3. The van der Waals surface area contributed by atoms with Crippen LogP contribution in [0.15, 0.2) is 24.3 Å². The number of allylic oxidation sites excluding steroid dienone is 3. The maximum absolute atomic E-state index is 3.62. The highest BCUT2D eigenvalue weighted by Crippen LogP contribution is 2.10. The average molecular weight is 164 g/mol. The van der Waals surface area contributed by atoms with E-state index in [1.807, 2.05) is 12.2 Å². The van der Waals surface area contributed by atoms with Crippen molar-refractivity contribution in [1.82, 2.24) is 5.32 Å². The van der Waals surface area contributed by atoms with Crippen LogP contribution in [0.4, 0.5) is 0 Å². The van der Waals surface area contributed by atoms with Crippen LogP contribution in [0.5, 0.6) is 0 Å². The number of piperidine rings is 1. The summed E-state index contributed by atoms with van der Waals surface area (Å²) >= 11 is 0. The van der Waals surface area contributed by atoms with Crippen molar-refractivity contribution in [2.75, 3.05) is 6.54 Å². The van der Waals surface area contributed by atoms with Gasteiger partial charge in [0.05, 0.1) is 0 Å². The average Bonchev–Trinajstić information content (AvgIpc) is 2.14. The summed E-state index contributed by atoms with van der Waals surface area (Å²) in [7, 11) is 0. The first-order valence-corrected chi connectivity index (χ1v) is 4.78. The van der Waals surface area contributed by atoms with Gasteiger partial charge in [-0.3, -0.25) is 0 Å². The highest BCUT2D eigenvalue weighted by atomic mass is 14.9. The van der Waals surface area contributed by atoms with Crippen molar-refractivity contribution >= 4 is 0 Å². The molecule has 0 saturated carbocycles. The fourth-order valence-electron chi connectivity index (χ4n) is 1.53. The summed E-state index contributed by atoms with van der Waals surface area (Å²) in [6.45, 7) is 4.82. The zero-order valence-corrected chi connectivity index (χ0v) is 7.63. The van der Waals surface area contributed by atoms with Crippen LogP contribution >= 0.6 is 0 Å². The Labute approximate surface area is 75.6 Å². The maximum atomic E-state index is 3.62. The lowest BCUT2D eigenvalue weighted by molar-refractivity contribution is 0.404. The molecule has 0 aliphatic carbocycles. The molecule has 0 aromatic heterocycles. The van der Waals surface area contributed by atoms with Crippen LogP contribution in [0.2, 0.25) is 0 Å². The van der Waals surface area contributed by atoms with Crippen molar-refractivity contribution in [2.24, 2.45) is 0 Å². The SMILES string of the molecule is [CH2]C=CC=CCC1CCCCN1. The minimum Gasteiger partial charge on any atom is -0.314 e. The highest BCUT2D eigenvalue weighted by Gasteiger charge is 2.09. The predicted molar refractivity (Wildman–Crippen MR) is 53.9 cm³/mol. The molecule has 1 rings (SSSR count). The van der Waals surface area contributed by atoms with E-state index in [1.54, 1.807) is 0 Å². The molecule has 1 fully saturated rings. The fraction of sp³-hybridized carbons (Fsp3) is 0.545. The van der Waals surface area contributed by atoms with Crippen molar-refractivity contribution in [3.8, 4) is 0 Å². The van der Waals surface area contributed by atoms with Crippen LogP contribution in [0.25, 0.3) is 0 Å².